The third-order valence-electron chi connectivity index (χ3n) is 6.67. The van der Waals surface area contributed by atoms with Gasteiger partial charge < -0.3 is 9.47 Å². The van der Waals surface area contributed by atoms with Crippen molar-refractivity contribution in [3.63, 3.8) is 0 Å². The standard InChI is InChI=1S/C17H15NO3.C16H13NO3/c19-16(18-9-10-21-17(18)20)12-13-5-4-8-15(11-13)14-6-2-1-3-7-14;18-15(17-9-10-20-16(17)19)14-8-4-7-13(11-14)12-5-2-1-3-6-12/h1-8,11H,9-10,12H2;1-8,11H,9-10H2. The minimum atomic E-state index is -0.569. The van der Waals surface area contributed by atoms with Crippen molar-refractivity contribution < 1.29 is 28.7 Å². The van der Waals surface area contributed by atoms with Crippen LogP contribution in [-0.2, 0) is 20.7 Å². The molecule has 4 aromatic carbocycles. The molecule has 8 nitrogen and oxygen atoms in total. The van der Waals surface area contributed by atoms with E-state index in [1.165, 1.54) is 0 Å². The third kappa shape index (κ3) is 6.67. The van der Waals surface area contributed by atoms with Crippen LogP contribution in [0.1, 0.15) is 15.9 Å². The number of cyclic esters (lactones) is 2. The van der Waals surface area contributed by atoms with Gasteiger partial charge in [0.25, 0.3) is 5.91 Å². The third-order valence-corrected chi connectivity index (χ3v) is 6.67. The highest BCUT2D eigenvalue weighted by Gasteiger charge is 2.29. The first-order valence-electron chi connectivity index (χ1n) is 13.3. The van der Waals surface area contributed by atoms with Crippen LogP contribution in [0.3, 0.4) is 0 Å². The molecule has 0 atom stereocenters. The summed E-state index contributed by atoms with van der Waals surface area (Å²) in [6.07, 6.45) is -0.908. The normalized spacial score (nSPS) is 14.1. The van der Waals surface area contributed by atoms with Crippen LogP contribution in [0.2, 0.25) is 0 Å². The van der Waals surface area contributed by atoms with E-state index in [2.05, 4.69) is 0 Å². The van der Waals surface area contributed by atoms with Gasteiger partial charge in [0.15, 0.2) is 0 Å². The molecule has 4 amide bonds. The number of carbonyl (C=O) groups is 4. The van der Waals surface area contributed by atoms with Crippen LogP contribution in [0.25, 0.3) is 22.3 Å². The maximum Gasteiger partial charge on any atom is 0.416 e. The summed E-state index contributed by atoms with van der Waals surface area (Å²) in [6, 6.07) is 34.8. The maximum atomic E-state index is 12.3. The van der Waals surface area contributed by atoms with Crippen LogP contribution in [0.15, 0.2) is 109 Å². The molecule has 41 heavy (non-hydrogen) atoms. The molecule has 0 aliphatic carbocycles. The highest BCUT2D eigenvalue weighted by atomic mass is 16.6. The molecule has 0 saturated carbocycles. The Morgan fingerprint density at radius 2 is 1.10 bits per heavy atom. The van der Waals surface area contributed by atoms with Crippen LogP contribution in [0.5, 0.6) is 0 Å². The molecule has 0 unspecified atom stereocenters. The van der Waals surface area contributed by atoms with E-state index in [-0.39, 0.29) is 31.4 Å². The second kappa shape index (κ2) is 12.7. The lowest BCUT2D eigenvalue weighted by Crippen LogP contribution is -2.32. The van der Waals surface area contributed by atoms with Gasteiger partial charge in [0.1, 0.15) is 13.2 Å². The molecule has 0 bridgehead atoms. The summed E-state index contributed by atoms with van der Waals surface area (Å²) in [7, 11) is 0. The van der Waals surface area contributed by atoms with Crippen LogP contribution in [0, 0.1) is 0 Å². The van der Waals surface area contributed by atoms with E-state index in [1.807, 2.05) is 97.1 Å². The van der Waals surface area contributed by atoms with Crippen molar-refractivity contribution in [1.82, 2.24) is 9.80 Å². The molecule has 2 saturated heterocycles. The predicted molar refractivity (Wildman–Crippen MR) is 153 cm³/mol. The number of carbonyl (C=O) groups excluding carboxylic acids is 4. The summed E-state index contributed by atoms with van der Waals surface area (Å²) >= 11 is 0. The van der Waals surface area contributed by atoms with Crippen LogP contribution in [0.4, 0.5) is 9.59 Å². The smallest absolute Gasteiger partial charge is 0.416 e. The van der Waals surface area contributed by atoms with E-state index < -0.39 is 12.2 Å². The fourth-order valence-corrected chi connectivity index (χ4v) is 4.58. The van der Waals surface area contributed by atoms with Gasteiger partial charge in [-0.15, -0.1) is 0 Å². The number of hydrogen-bond acceptors (Lipinski definition) is 6. The monoisotopic (exact) mass is 548 g/mol. The van der Waals surface area contributed by atoms with Gasteiger partial charge in [-0.1, -0.05) is 97.1 Å². The van der Waals surface area contributed by atoms with Crippen molar-refractivity contribution in [3.05, 3.63) is 120 Å². The van der Waals surface area contributed by atoms with Crippen molar-refractivity contribution in [2.75, 3.05) is 26.3 Å². The molecule has 2 aliphatic rings. The molecule has 4 aromatic rings. The Balaban J connectivity index is 0.000000165. The highest BCUT2D eigenvalue weighted by molar-refractivity contribution is 6.04. The molecule has 2 fully saturated rings. The SMILES string of the molecule is O=C(Cc1cccc(-c2ccccc2)c1)N1CCOC1=O.O=C1OCCN1C(=O)c1cccc(-c2ccccc2)c1. The molecular formula is C33H28N2O6. The molecule has 2 heterocycles. The molecule has 206 valence electrons. The number of imide groups is 2. The zero-order valence-electron chi connectivity index (χ0n) is 22.3. The minimum Gasteiger partial charge on any atom is -0.447 e. The number of nitrogens with zero attached hydrogens (tertiary/aromatic N) is 2. The Bertz CT molecular complexity index is 1550. The van der Waals surface area contributed by atoms with E-state index in [4.69, 9.17) is 9.47 Å². The Hall–Kier alpha value is -5.24. The van der Waals surface area contributed by atoms with Gasteiger partial charge in [-0.05, 0) is 39.9 Å². The number of amides is 4. The van der Waals surface area contributed by atoms with Crippen molar-refractivity contribution >= 4 is 24.0 Å². The number of hydrogen-bond donors (Lipinski definition) is 0. The zero-order valence-corrected chi connectivity index (χ0v) is 22.3. The Morgan fingerprint density at radius 3 is 1.66 bits per heavy atom. The summed E-state index contributed by atoms with van der Waals surface area (Å²) in [5, 5.41) is 0. The number of rotatable bonds is 5. The average Bonchev–Trinajstić information content (AvgIpc) is 3.66. The summed E-state index contributed by atoms with van der Waals surface area (Å²) in [4.78, 5) is 49.5. The molecular weight excluding hydrogens is 520 g/mol. The summed E-state index contributed by atoms with van der Waals surface area (Å²) in [5.74, 6) is -0.534. The predicted octanol–water partition coefficient (Wildman–Crippen LogP) is 5.82. The second-order valence-electron chi connectivity index (χ2n) is 9.42. The molecule has 8 heteroatoms. The molecule has 0 aromatic heterocycles. The fraction of sp³-hybridized carbons (Fsp3) is 0.152. The van der Waals surface area contributed by atoms with E-state index in [0.717, 1.165) is 37.6 Å². The van der Waals surface area contributed by atoms with E-state index in [1.54, 1.807) is 12.1 Å². The molecule has 0 radical (unpaired) electrons. The number of ether oxygens (including phenoxy) is 2. The average molecular weight is 549 g/mol. The molecule has 6 rings (SSSR count). The van der Waals surface area contributed by atoms with Gasteiger partial charge in [0, 0.05) is 5.56 Å². The lowest BCUT2D eigenvalue weighted by atomic mass is 10.0. The second-order valence-corrected chi connectivity index (χ2v) is 9.42. The number of benzene rings is 4. The topological polar surface area (TPSA) is 93.2 Å². The van der Waals surface area contributed by atoms with Crippen molar-refractivity contribution in [2.24, 2.45) is 0 Å². The molecule has 0 spiro atoms. The van der Waals surface area contributed by atoms with Gasteiger partial charge in [-0.3, -0.25) is 9.59 Å². The maximum absolute atomic E-state index is 12.3. The van der Waals surface area contributed by atoms with Gasteiger partial charge in [-0.2, -0.15) is 0 Å². The first kappa shape index (κ1) is 27.3. The lowest BCUT2D eigenvalue weighted by Gasteiger charge is -2.11. The van der Waals surface area contributed by atoms with Crippen molar-refractivity contribution in [1.29, 1.82) is 0 Å². The first-order chi connectivity index (χ1) is 20.0. The highest BCUT2D eigenvalue weighted by Crippen LogP contribution is 2.22. The lowest BCUT2D eigenvalue weighted by molar-refractivity contribution is -0.127. The van der Waals surface area contributed by atoms with Crippen LogP contribution >= 0.6 is 0 Å². The molecule has 2 aliphatic heterocycles. The van der Waals surface area contributed by atoms with Crippen LogP contribution in [-0.4, -0.2) is 60.1 Å². The van der Waals surface area contributed by atoms with E-state index in [9.17, 15) is 19.2 Å². The zero-order chi connectivity index (χ0) is 28.6. The molecule has 0 N–H and O–H groups in total. The van der Waals surface area contributed by atoms with Crippen LogP contribution < -0.4 is 0 Å². The summed E-state index contributed by atoms with van der Waals surface area (Å²) in [5.41, 5.74) is 5.53. The van der Waals surface area contributed by atoms with Gasteiger partial charge in [-0.25, -0.2) is 19.4 Å². The first-order valence-corrected chi connectivity index (χ1v) is 13.3. The minimum absolute atomic E-state index is 0.204. The van der Waals surface area contributed by atoms with E-state index >= 15 is 0 Å². The fourth-order valence-electron chi connectivity index (χ4n) is 4.58. The summed E-state index contributed by atoms with van der Waals surface area (Å²) in [6.45, 7) is 1.21. The van der Waals surface area contributed by atoms with E-state index in [0.29, 0.717) is 18.7 Å². The Kier molecular flexibility index (Phi) is 8.49. The van der Waals surface area contributed by atoms with Gasteiger partial charge in [0.05, 0.1) is 19.5 Å². The quantitative estimate of drug-likeness (QED) is 0.312. The van der Waals surface area contributed by atoms with Crippen molar-refractivity contribution in [2.45, 2.75) is 6.42 Å². The van der Waals surface area contributed by atoms with Gasteiger partial charge >= 0.3 is 12.2 Å². The van der Waals surface area contributed by atoms with Crippen molar-refractivity contribution in [3.8, 4) is 22.3 Å². The Morgan fingerprint density at radius 1 is 0.585 bits per heavy atom. The van der Waals surface area contributed by atoms with Gasteiger partial charge in [0.2, 0.25) is 5.91 Å². The Labute approximate surface area is 237 Å². The summed E-state index contributed by atoms with van der Waals surface area (Å²) < 4.78 is 9.57. The largest absolute Gasteiger partial charge is 0.447 e.